The number of imidazole rings is 1. The van der Waals surface area contributed by atoms with Crippen molar-refractivity contribution in [2.75, 3.05) is 19.7 Å². The fourth-order valence-corrected chi connectivity index (χ4v) is 3.26. The lowest BCUT2D eigenvalue weighted by molar-refractivity contribution is -0.0280. The van der Waals surface area contributed by atoms with Gasteiger partial charge in [-0.3, -0.25) is 9.88 Å². The van der Waals surface area contributed by atoms with Gasteiger partial charge in [-0.25, -0.2) is 9.59 Å². The first-order chi connectivity index (χ1) is 12.0. The van der Waals surface area contributed by atoms with Crippen molar-refractivity contribution < 1.29 is 14.6 Å². The molecule has 0 spiro atoms. The zero-order valence-electron chi connectivity index (χ0n) is 14.2. The molecule has 1 fully saturated rings. The third kappa shape index (κ3) is 3.83. The normalized spacial score (nSPS) is 17.4. The predicted octanol–water partition coefficient (Wildman–Crippen LogP) is 1.36. The molecule has 3 rings (SSSR count). The van der Waals surface area contributed by atoms with Crippen molar-refractivity contribution in [3.05, 3.63) is 57.8 Å². The van der Waals surface area contributed by atoms with Gasteiger partial charge < -0.3 is 14.8 Å². The molecule has 25 heavy (non-hydrogen) atoms. The van der Waals surface area contributed by atoms with E-state index in [2.05, 4.69) is 14.9 Å². The molecule has 0 radical (unpaired) electrons. The largest absolute Gasteiger partial charge is 0.461 e. The number of carbonyl (C=O) groups is 1. The van der Waals surface area contributed by atoms with Crippen LogP contribution < -0.4 is 5.69 Å². The van der Waals surface area contributed by atoms with E-state index in [1.54, 1.807) is 6.92 Å². The summed E-state index contributed by atoms with van der Waals surface area (Å²) in [6, 6.07) is 9.67. The first kappa shape index (κ1) is 17.4. The van der Waals surface area contributed by atoms with Crippen LogP contribution in [-0.4, -0.2) is 45.6 Å². The van der Waals surface area contributed by atoms with Crippen molar-refractivity contribution in [1.29, 1.82) is 0 Å². The number of aromatic amines is 2. The third-order valence-corrected chi connectivity index (χ3v) is 4.66. The van der Waals surface area contributed by atoms with Crippen LogP contribution in [0.3, 0.4) is 0 Å². The average Bonchev–Trinajstić information content (AvgIpc) is 2.99. The smallest absolute Gasteiger partial charge is 0.356 e. The number of piperidine rings is 1. The van der Waals surface area contributed by atoms with Gasteiger partial charge in [-0.15, -0.1) is 0 Å². The Bertz CT molecular complexity index is 773. The van der Waals surface area contributed by atoms with Gasteiger partial charge in [0.15, 0.2) is 0 Å². The number of rotatable bonds is 5. The summed E-state index contributed by atoms with van der Waals surface area (Å²) in [5, 5.41) is 10.9. The van der Waals surface area contributed by atoms with Crippen LogP contribution in [0, 0.1) is 0 Å². The quantitative estimate of drug-likeness (QED) is 0.711. The molecular formula is C18H23N3O4. The number of nitrogens with one attached hydrogen (secondary N) is 2. The summed E-state index contributed by atoms with van der Waals surface area (Å²) < 4.78 is 4.97. The molecule has 0 unspecified atom stereocenters. The molecule has 0 atom stereocenters. The van der Waals surface area contributed by atoms with Crippen molar-refractivity contribution in [3.63, 3.8) is 0 Å². The monoisotopic (exact) mass is 345 g/mol. The molecule has 7 nitrogen and oxygen atoms in total. The van der Waals surface area contributed by atoms with Gasteiger partial charge in [-0.1, -0.05) is 30.3 Å². The Morgan fingerprint density at radius 3 is 2.56 bits per heavy atom. The maximum Gasteiger partial charge on any atom is 0.356 e. The van der Waals surface area contributed by atoms with E-state index in [-0.39, 0.29) is 12.3 Å². The lowest BCUT2D eigenvalue weighted by atomic mass is 9.84. The van der Waals surface area contributed by atoms with Gasteiger partial charge in [0, 0.05) is 19.6 Å². The second-order valence-electron chi connectivity index (χ2n) is 6.33. The minimum atomic E-state index is -0.826. The highest BCUT2D eigenvalue weighted by atomic mass is 16.5. The van der Waals surface area contributed by atoms with E-state index >= 15 is 0 Å². The SMILES string of the molecule is CCOC(=O)c1[nH]c(=O)[nH]c1CN1CCC(O)(c2ccccc2)CC1. The number of hydrogen-bond donors (Lipinski definition) is 3. The summed E-state index contributed by atoms with van der Waals surface area (Å²) in [6.07, 6.45) is 1.20. The maximum atomic E-state index is 11.9. The minimum absolute atomic E-state index is 0.177. The van der Waals surface area contributed by atoms with Crippen LogP contribution in [0.1, 0.15) is 41.5 Å². The van der Waals surface area contributed by atoms with Crippen molar-refractivity contribution >= 4 is 5.97 Å². The molecule has 0 bridgehead atoms. The molecule has 1 aliphatic heterocycles. The molecule has 1 saturated heterocycles. The molecule has 7 heteroatoms. The number of aromatic nitrogens is 2. The van der Waals surface area contributed by atoms with E-state index in [0.29, 0.717) is 38.2 Å². The fourth-order valence-electron chi connectivity index (χ4n) is 3.26. The van der Waals surface area contributed by atoms with Gasteiger partial charge in [0.25, 0.3) is 0 Å². The van der Waals surface area contributed by atoms with Crippen LogP contribution in [0.25, 0.3) is 0 Å². The lowest BCUT2D eigenvalue weighted by Gasteiger charge is -2.38. The molecule has 2 aromatic rings. The number of likely N-dealkylation sites (tertiary alicyclic amines) is 1. The van der Waals surface area contributed by atoms with Crippen LogP contribution in [0.2, 0.25) is 0 Å². The van der Waals surface area contributed by atoms with E-state index in [9.17, 15) is 14.7 Å². The van der Waals surface area contributed by atoms with E-state index in [1.807, 2.05) is 30.3 Å². The molecule has 0 aliphatic carbocycles. The van der Waals surface area contributed by atoms with Crippen molar-refractivity contribution in [3.8, 4) is 0 Å². The molecule has 2 heterocycles. The Morgan fingerprint density at radius 1 is 1.24 bits per heavy atom. The van der Waals surface area contributed by atoms with Gasteiger partial charge in [0.2, 0.25) is 0 Å². The highest BCUT2D eigenvalue weighted by Crippen LogP contribution is 2.33. The van der Waals surface area contributed by atoms with Gasteiger partial charge in [-0.05, 0) is 25.3 Å². The van der Waals surface area contributed by atoms with Crippen LogP contribution in [0.15, 0.2) is 35.1 Å². The summed E-state index contributed by atoms with van der Waals surface area (Å²) in [4.78, 5) is 30.8. The second kappa shape index (κ2) is 7.25. The number of ether oxygens (including phenoxy) is 1. The first-order valence-corrected chi connectivity index (χ1v) is 8.50. The molecule has 0 amide bonds. The summed E-state index contributed by atoms with van der Waals surface area (Å²) in [5.41, 5.74) is 0.380. The van der Waals surface area contributed by atoms with Crippen LogP contribution >= 0.6 is 0 Å². The number of nitrogens with zero attached hydrogens (tertiary/aromatic N) is 1. The molecule has 1 aromatic carbocycles. The number of aliphatic hydroxyl groups is 1. The lowest BCUT2D eigenvalue weighted by Crippen LogP contribution is -2.42. The van der Waals surface area contributed by atoms with Gasteiger partial charge in [-0.2, -0.15) is 0 Å². The highest BCUT2D eigenvalue weighted by Gasteiger charge is 2.34. The second-order valence-corrected chi connectivity index (χ2v) is 6.33. The van der Waals surface area contributed by atoms with Crippen LogP contribution in [0.5, 0.6) is 0 Å². The highest BCUT2D eigenvalue weighted by molar-refractivity contribution is 5.88. The van der Waals surface area contributed by atoms with E-state index in [1.165, 1.54) is 0 Å². The minimum Gasteiger partial charge on any atom is -0.461 e. The number of hydrogen-bond acceptors (Lipinski definition) is 5. The standard InChI is InChI=1S/C18H23N3O4/c1-2-25-16(22)15-14(19-17(23)20-15)12-21-10-8-18(24,9-11-21)13-6-4-3-5-7-13/h3-7,24H,2,8-12H2,1H3,(H2,19,20,23). The molecule has 3 N–H and O–H groups in total. The number of benzene rings is 1. The molecule has 0 saturated carbocycles. The molecular weight excluding hydrogens is 322 g/mol. The summed E-state index contributed by atoms with van der Waals surface area (Å²) in [5.74, 6) is -0.534. The van der Waals surface area contributed by atoms with Gasteiger partial charge in [0.05, 0.1) is 17.9 Å². The summed E-state index contributed by atoms with van der Waals surface area (Å²) in [6.45, 7) is 3.73. The summed E-state index contributed by atoms with van der Waals surface area (Å²) >= 11 is 0. The third-order valence-electron chi connectivity index (χ3n) is 4.66. The van der Waals surface area contributed by atoms with Gasteiger partial charge >= 0.3 is 11.7 Å². The average molecular weight is 345 g/mol. The van der Waals surface area contributed by atoms with Crippen molar-refractivity contribution in [2.24, 2.45) is 0 Å². The fraction of sp³-hybridized carbons (Fsp3) is 0.444. The summed E-state index contributed by atoms with van der Waals surface area (Å²) in [7, 11) is 0. The first-order valence-electron chi connectivity index (χ1n) is 8.50. The zero-order valence-corrected chi connectivity index (χ0v) is 14.2. The molecule has 134 valence electrons. The Morgan fingerprint density at radius 2 is 1.92 bits per heavy atom. The number of esters is 1. The van der Waals surface area contributed by atoms with E-state index < -0.39 is 17.3 Å². The zero-order chi connectivity index (χ0) is 17.9. The van der Waals surface area contributed by atoms with Gasteiger partial charge in [0.1, 0.15) is 5.69 Å². The number of H-pyrrole nitrogens is 2. The Balaban J connectivity index is 1.67. The maximum absolute atomic E-state index is 11.9. The van der Waals surface area contributed by atoms with Crippen LogP contribution in [0.4, 0.5) is 0 Å². The van der Waals surface area contributed by atoms with Crippen molar-refractivity contribution in [2.45, 2.75) is 31.9 Å². The molecule has 1 aliphatic rings. The van der Waals surface area contributed by atoms with Crippen molar-refractivity contribution in [1.82, 2.24) is 14.9 Å². The van der Waals surface area contributed by atoms with E-state index in [4.69, 9.17) is 4.74 Å². The predicted molar refractivity (Wildman–Crippen MR) is 92.2 cm³/mol. The Hall–Kier alpha value is -2.38. The topological polar surface area (TPSA) is 98.4 Å². The molecule has 1 aromatic heterocycles. The Labute approximate surface area is 145 Å². The number of carbonyl (C=O) groups excluding carboxylic acids is 1. The van der Waals surface area contributed by atoms with E-state index in [0.717, 1.165) is 5.56 Å². The Kier molecular flexibility index (Phi) is 5.06. The van der Waals surface area contributed by atoms with Crippen LogP contribution in [-0.2, 0) is 16.9 Å².